The Bertz CT molecular complexity index is 337. The van der Waals surface area contributed by atoms with Crippen LogP contribution in [0.15, 0.2) is 0 Å². The van der Waals surface area contributed by atoms with Gasteiger partial charge in [0.2, 0.25) is 0 Å². The Morgan fingerprint density at radius 1 is 1.06 bits per heavy atom. The van der Waals surface area contributed by atoms with Crippen LogP contribution in [-0.2, 0) is 4.74 Å². The lowest BCUT2D eigenvalue weighted by atomic mass is 9.65. The first kappa shape index (κ1) is 9.94. The first-order valence-electron chi connectivity index (χ1n) is 7.15. The monoisotopic (exact) mass is 220 g/mol. The molecule has 0 amide bonds. The fraction of sp³-hybridized carbons (Fsp3) is 1.00. The Hall–Kier alpha value is -0.0400. The molecule has 1 saturated heterocycles. The molecule has 0 aromatic rings. The summed E-state index contributed by atoms with van der Waals surface area (Å²) < 4.78 is 5.90. The summed E-state index contributed by atoms with van der Waals surface area (Å²) in [5.74, 6) is 2.82. The number of hydrogen-bond donors (Lipinski definition) is 0. The Morgan fingerprint density at radius 3 is 2.50 bits per heavy atom. The molecule has 1 heterocycles. The van der Waals surface area contributed by atoms with E-state index in [1.54, 1.807) is 0 Å². The second kappa shape index (κ2) is 2.53. The molecular formula is C15H24O. The molecule has 2 bridgehead atoms. The average Bonchev–Trinajstić information content (AvgIpc) is 2.89. The predicted octanol–water partition coefficient (Wildman–Crippen LogP) is 3.63. The van der Waals surface area contributed by atoms with Gasteiger partial charge in [0.15, 0.2) is 0 Å². The zero-order valence-corrected chi connectivity index (χ0v) is 10.9. The minimum absolute atomic E-state index is 0.346. The fourth-order valence-corrected chi connectivity index (χ4v) is 6.12. The van der Waals surface area contributed by atoms with Gasteiger partial charge in [-0.15, -0.1) is 0 Å². The van der Waals surface area contributed by atoms with Crippen molar-refractivity contribution in [2.75, 3.05) is 6.61 Å². The highest BCUT2D eigenvalue weighted by atomic mass is 16.6. The van der Waals surface area contributed by atoms with E-state index in [2.05, 4.69) is 20.8 Å². The van der Waals surface area contributed by atoms with E-state index in [9.17, 15) is 0 Å². The molecule has 5 atom stereocenters. The maximum Gasteiger partial charge on any atom is 0.0950 e. The van der Waals surface area contributed by atoms with Crippen LogP contribution < -0.4 is 0 Å². The average molecular weight is 220 g/mol. The molecule has 0 aromatic carbocycles. The van der Waals surface area contributed by atoms with E-state index >= 15 is 0 Å². The molecule has 0 N–H and O–H groups in total. The van der Waals surface area contributed by atoms with E-state index in [1.165, 1.54) is 32.1 Å². The molecule has 3 aliphatic carbocycles. The van der Waals surface area contributed by atoms with Gasteiger partial charge in [0, 0.05) is 0 Å². The van der Waals surface area contributed by atoms with Gasteiger partial charge in [-0.2, -0.15) is 0 Å². The molecule has 16 heavy (non-hydrogen) atoms. The molecule has 1 heteroatoms. The lowest BCUT2D eigenvalue weighted by Gasteiger charge is -2.39. The van der Waals surface area contributed by atoms with Crippen molar-refractivity contribution in [1.29, 1.82) is 0 Å². The maximum absolute atomic E-state index is 5.90. The van der Waals surface area contributed by atoms with E-state index in [1.807, 2.05) is 0 Å². The first-order chi connectivity index (χ1) is 7.51. The van der Waals surface area contributed by atoms with Crippen molar-refractivity contribution in [3.8, 4) is 0 Å². The molecule has 0 unspecified atom stereocenters. The maximum atomic E-state index is 5.90. The van der Waals surface area contributed by atoms with Gasteiger partial charge in [-0.05, 0) is 60.7 Å². The standard InChI is InChI=1S/C15H24O/c1-10-4-5-11-13(2,3)12-8-14(10,11)6-7-15(12)9-16-15/h10-12H,4-9H2,1-3H3/t10-,11+,12-,14+,15+/m1/s1. The van der Waals surface area contributed by atoms with Gasteiger partial charge in [-0.3, -0.25) is 0 Å². The fourth-order valence-electron chi connectivity index (χ4n) is 6.12. The van der Waals surface area contributed by atoms with Crippen molar-refractivity contribution in [3.05, 3.63) is 0 Å². The van der Waals surface area contributed by atoms with Crippen LogP contribution in [0.2, 0.25) is 0 Å². The van der Waals surface area contributed by atoms with Crippen LogP contribution in [0.1, 0.15) is 52.9 Å². The Kier molecular flexibility index (Phi) is 1.57. The van der Waals surface area contributed by atoms with Gasteiger partial charge >= 0.3 is 0 Å². The Balaban J connectivity index is 1.82. The summed E-state index contributed by atoms with van der Waals surface area (Å²) in [5, 5.41) is 0. The summed E-state index contributed by atoms with van der Waals surface area (Å²) in [5.41, 5.74) is 1.60. The highest BCUT2D eigenvalue weighted by Gasteiger charge is 2.72. The topological polar surface area (TPSA) is 12.5 Å². The predicted molar refractivity (Wildman–Crippen MR) is 64.1 cm³/mol. The highest BCUT2D eigenvalue weighted by Crippen LogP contribution is 2.75. The van der Waals surface area contributed by atoms with Gasteiger partial charge in [0.1, 0.15) is 0 Å². The summed E-state index contributed by atoms with van der Waals surface area (Å²) >= 11 is 0. The molecular weight excluding hydrogens is 196 g/mol. The smallest absolute Gasteiger partial charge is 0.0950 e. The van der Waals surface area contributed by atoms with Crippen LogP contribution in [0, 0.1) is 28.6 Å². The summed E-state index contributed by atoms with van der Waals surface area (Å²) in [4.78, 5) is 0. The van der Waals surface area contributed by atoms with Gasteiger partial charge in [0.25, 0.3) is 0 Å². The third-order valence-corrected chi connectivity index (χ3v) is 7.11. The molecule has 0 aromatic heterocycles. The molecule has 3 saturated carbocycles. The molecule has 2 spiro atoms. The third-order valence-electron chi connectivity index (χ3n) is 7.11. The Labute approximate surface area is 98.9 Å². The number of hydrogen-bond acceptors (Lipinski definition) is 1. The zero-order valence-electron chi connectivity index (χ0n) is 10.9. The number of rotatable bonds is 0. The van der Waals surface area contributed by atoms with E-state index in [-0.39, 0.29) is 0 Å². The summed E-state index contributed by atoms with van der Waals surface area (Å²) in [6, 6.07) is 0. The third kappa shape index (κ3) is 0.868. The molecule has 4 rings (SSSR count). The molecule has 0 radical (unpaired) electrons. The molecule has 1 nitrogen and oxygen atoms in total. The lowest BCUT2D eigenvalue weighted by Crippen LogP contribution is -2.37. The second-order valence-corrected chi connectivity index (χ2v) is 7.70. The zero-order chi connectivity index (χ0) is 11.2. The van der Waals surface area contributed by atoms with Crippen LogP contribution in [-0.4, -0.2) is 12.2 Å². The summed E-state index contributed by atoms with van der Waals surface area (Å²) in [7, 11) is 0. The van der Waals surface area contributed by atoms with Gasteiger partial charge in [-0.1, -0.05) is 20.8 Å². The highest BCUT2D eigenvalue weighted by molar-refractivity contribution is 5.21. The number of epoxide rings is 1. The minimum Gasteiger partial charge on any atom is -0.369 e. The van der Waals surface area contributed by atoms with Crippen molar-refractivity contribution in [2.24, 2.45) is 28.6 Å². The van der Waals surface area contributed by atoms with Crippen molar-refractivity contribution >= 4 is 0 Å². The van der Waals surface area contributed by atoms with Crippen LogP contribution in [0.3, 0.4) is 0 Å². The molecule has 4 fully saturated rings. The van der Waals surface area contributed by atoms with E-state index in [4.69, 9.17) is 4.74 Å². The van der Waals surface area contributed by atoms with Crippen LogP contribution >= 0.6 is 0 Å². The van der Waals surface area contributed by atoms with E-state index in [0.717, 1.165) is 24.4 Å². The number of ether oxygens (including phenoxy) is 1. The van der Waals surface area contributed by atoms with Crippen LogP contribution in [0.25, 0.3) is 0 Å². The molecule has 1 aliphatic heterocycles. The largest absolute Gasteiger partial charge is 0.369 e. The quantitative estimate of drug-likeness (QED) is 0.568. The second-order valence-electron chi connectivity index (χ2n) is 7.70. The van der Waals surface area contributed by atoms with Crippen LogP contribution in [0.5, 0.6) is 0 Å². The minimum atomic E-state index is 0.346. The van der Waals surface area contributed by atoms with Crippen LogP contribution in [0.4, 0.5) is 0 Å². The first-order valence-corrected chi connectivity index (χ1v) is 7.15. The van der Waals surface area contributed by atoms with E-state index in [0.29, 0.717) is 16.4 Å². The summed E-state index contributed by atoms with van der Waals surface area (Å²) in [6.45, 7) is 8.66. The Morgan fingerprint density at radius 2 is 1.81 bits per heavy atom. The number of fused-ring (bicyclic) bond motifs is 2. The van der Waals surface area contributed by atoms with E-state index < -0.39 is 0 Å². The normalized spacial score (nSPS) is 61.3. The lowest BCUT2D eigenvalue weighted by molar-refractivity contribution is 0.0696. The van der Waals surface area contributed by atoms with Gasteiger partial charge < -0.3 is 4.74 Å². The summed E-state index contributed by atoms with van der Waals surface area (Å²) in [6.07, 6.45) is 7.27. The van der Waals surface area contributed by atoms with Crippen molar-refractivity contribution in [2.45, 2.75) is 58.5 Å². The van der Waals surface area contributed by atoms with Crippen molar-refractivity contribution < 1.29 is 4.74 Å². The molecule has 90 valence electrons. The molecule has 4 aliphatic rings. The van der Waals surface area contributed by atoms with Gasteiger partial charge in [0.05, 0.1) is 12.2 Å². The van der Waals surface area contributed by atoms with Crippen molar-refractivity contribution in [3.63, 3.8) is 0 Å². The SMILES string of the molecule is C[C@@H]1CC[C@H]2C(C)(C)[C@H]3C[C@@]12CC[C@]31CO1. The van der Waals surface area contributed by atoms with Crippen molar-refractivity contribution in [1.82, 2.24) is 0 Å². The van der Waals surface area contributed by atoms with Gasteiger partial charge in [-0.25, -0.2) is 0 Å².